The van der Waals surface area contributed by atoms with Gasteiger partial charge in [-0.15, -0.1) is 0 Å². The number of aliphatic imine (C=N–C) groups is 2. The average Bonchev–Trinajstić information content (AvgIpc) is 2.34. The molecule has 1 atom stereocenters. The van der Waals surface area contributed by atoms with E-state index in [2.05, 4.69) is 15.3 Å². The zero-order valence-electron chi connectivity index (χ0n) is 11.2. The summed E-state index contributed by atoms with van der Waals surface area (Å²) in [7, 11) is 0. The molecule has 0 aliphatic carbocycles. The number of urea groups is 1. The number of dihydropyridines is 1. The zero-order valence-corrected chi connectivity index (χ0v) is 11.2. The van der Waals surface area contributed by atoms with Crippen LogP contribution in [0.25, 0.3) is 0 Å². The number of carboxylic acid groups (broad SMARTS) is 1. The van der Waals surface area contributed by atoms with E-state index in [0.717, 1.165) is 6.42 Å². The van der Waals surface area contributed by atoms with Gasteiger partial charge in [0.1, 0.15) is 11.6 Å². The number of nitrogens with one attached hydrogen (secondary N) is 1. The Bertz CT molecular complexity index is 572. The van der Waals surface area contributed by atoms with Crippen LogP contribution >= 0.6 is 0 Å². The summed E-state index contributed by atoms with van der Waals surface area (Å²) in [5, 5.41) is 11.2. The van der Waals surface area contributed by atoms with Gasteiger partial charge in [0.2, 0.25) is 5.91 Å². The second-order valence-corrected chi connectivity index (χ2v) is 5.15. The molecule has 2 heterocycles. The number of carbonyl (C=O) groups is 3. The third kappa shape index (κ3) is 2.81. The second kappa shape index (κ2) is 5.36. The third-order valence-electron chi connectivity index (χ3n) is 3.12. The standard InChI is InChI=1S/C13H15N3O4/c1-6(2)3-4-7-5-8(12(18)19)14-10-9(7)11(17)16-13(20)15-10/h5-6,9H,3-4H2,1-2H3,(H,18,19)(H,16,17,20). The maximum Gasteiger partial charge on any atom is 0.354 e. The Morgan fingerprint density at radius 3 is 2.70 bits per heavy atom. The molecule has 0 radical (unpaired) electrons. The van der Waals surface area contributed by atoms with Crippen LogP contribution in [0.5, 0.6) is 0 Å². The third-order valence-corrected chi connectivity index (χ3v) is 3.12. The number of nitrogens with zero attached hydrogens (tertiary/aromatic N) is 2. The van der Waals surface area contributed by atoms with Crippen LogP contribution in [-0.2, 0) is 9.59 Å². The number of aliphatic carboxylic acids is 1. The number of carbonyl (C=O) groups excluding carboxylic acids is 2. The van der Waals surface area contributed by atoms with Crippen molar-refractivity contribution in [3.05, 3.63) is 11.6 Å². The summed E-state index contributed by atoms with van der Waals surface area (Å²) in [5.74, 6) is -2.07. The molecule has 0 fully saturated rings. The summed E-state index contributed by atoms with van der Waals surface area (Å²) in [6.45, 7) is 4.07. The molecule has 3 amide bonds. The molecule has 2 rings (SSSR count). The summed E-state index contributed by atoms with van der Waals surface area (Å²) >= 11 is 0. The molecule has 2 aliphatic rings. The van der Waals surface area contributed by atoms with Gasteiger partial charge in [0.15, 0.2) is 5.84 Å². The maximum absolute atomic E-state index is 11.9. The van der Waals surface area contributed by atoms with E-state index in [1.807, 2.05) is 13.8 Å². The Morgan fingerprint density at radius 1 is 1.40 bits per heavy atom. The van der Waals surface area contributed by atoms with Crippen LogP contribution in [0.1, 0.15) is 26.7 Å². The van der Waals surface area contributed by atoms with Crippen molar-refractivity contribution in [2.45, 2.75) is 26.7 Å². The molecule has 106 valence electrons. The van der Waals surface area contributed by atoms with E-state index in [0.29, 0.717) is 17.9 Å². The minimum Gasteiger partial charge on any atom is -0.477 e. The van der Waals surface area contributed by atoms with Crippen molar-refractivity contribution in [3.63, 3.8) is 0 Å². The fourth-order valence-electron chi connectivity index (χ4n) is 2.11. The van der Waals surface area contributed by atoms with E-state index in [-0.39, 0.29) is 11.5 Å². The van der Waals surface area contributed by atoms with Gasteiger partial charge in [0, 0.05) is 0 Å². The molecule has 20 heavy (non-hydrogen) atoms. The van der Waals surface area contributed by atoms with Gasteiger partial charge in [0.25, 0.3) is 0 Å². The summed E-state index contributed by atoms with van der Waals surface area (Å²) < 4.78 is 0. The number of fused-ring (bicyclic) bond motifs is 1. The lowest BCUT2D eigenvalue weighted by molar-refractivity contribution is -0.129. The first kappa shape index (κ1) is 14.1. The molecule has 7 nitrogen and oxygen atoms in total. The maximum atomic E-state index is 11.9. The number of amidine groups is 1. The van der Waals surface area contributed by atoms with Crippen molar-refractivity contribution in [2.24, 2.45) is 21.8 Å². The lowest BCUT2D eigenvalue weighted by Crippen LogP contribution is -2.45. The molecule has 2 N–H and O–H groups in total. The van der Waals surface area contributed by atoms with Crippen molar-refractivity contribution in [3.8, 4) is 0 Å². The van der Waals surface area contributed by atoms with E-state index in [4.69, 9.17) is 5.11 Å². The van der Waals surface area contributed by atoms with E-state index in [1.165, 1.54) is 6.08 Å². The van der Waals surface area contributed by atoms with Gasteiger partial charge in [-0.25, -0.2) is 14.6 Å². The molecular formula is C13H15N3O4. The van der Waals surface area contributed by atoms with Crippen LogP contribution in [0.3, 0.4) is 0 Å². The second-order valence-electron chi connectivity index (χ2n) is 5.15. The van der Waals surface area contributed by atoms with Crippen LogP contribution in [0.4, 0.5) is 4.79 Å². The minimum atomic E-state index is -1.20. The van der Waals surface area contributed by atoms with Crippen molar-refractivity contribution >= 4 is 29.5 Å². The van der Waals surface area contributed by atoms with Crippen LogP contribution in [-0.4, -0.2) is 34.6 Å². The topological polar surface area (TPSA) is 108 Å². The smallest absolute Gasteiger partial charge is 0.354 e. The molecule has 0 aromatic carbocycles. The largest absolute Gasteiger partial charge is 0.477 e. The molecular weight excluding hydrogens is 262 g/mol. The normalized spacial score (nSPS) is 21.8. The predicted molar refractivity (Wildman–Crippen MR) is 71.7 cm³/mol. The minimum absolute atomic E-state index is 0.0302. The number of imide groups is 1. The number of hydrogen-bond donors (Lipinski definition) is 2. The van der Waals surface area contributed by atoms with Crippen molar-refractivity contribution in [2.75, 3.05) is 0 Å². The Kier molecular flexibility index (Phi) is 3.78. The van der Waals surface area contributed by atoms with Crippen LogP contribution in [0, 0.1) is 11.8 Å². The average molecular weight is 277 g/mol. The summed E-state index contributed by atoms with van der Waals surface area (Å²) in [4.78, 5) is 41.6. The zero-order chi connectivity index (χ0) is 14.9. The van der Waals surface area contributed by atoms with Crippen molar-refractivity contribution < 1.29 is 19.5 Å². The highest BCUT2D eigenvalue weighted by Crippen LogP contribution is 2.27. The molecule has 1 unspecified atom stereocenters. The molecule has 0 aromatic heterocycles. The number of carboxylic acids is 1. The highest BCUT2D eigenvalue weighted by Gasteiger charge is 2.37. The fourth-order valence-corrected chi connectivity index (χ4v) is 2.11. The molecule has 2 aliphatic heterocycles. The first-order valence-corrected chi connectivity index (χ1v) is 6.34. The van der Waals surface area contributed by atoms with Gasteiger partial charge in [-0.3, -0.25) is 10.1 Å². The SMILES string of the molecule is CC(C)CCC1=CC(C(=O)O)=NC2=NC(=O)NC(=O)C12. The molecule has 0 aromatic rings. The van der Waals surface area contributed by atoms with Gasteiger partial charge in [-0.05, 0) is 30.4 Å². The van der Waals surface area contributed by atoms with E-state index >= 15 is 0 Å². The van der Waals surface area contributed by atoms with Crippen LogP contribution < -0.4 is 5.32 Å². The van der Waals surface area contributed by atoms with E-state index in [1.54, 1.807) is 0 Å². The van der Waals surface area contributed by atoms with Gasteiger partial charge < -0.3 is 5.11 Å². The summed E-state index contributed by atoms with van der Waals surface area (Å²) in [6.07, 6.45) is 2.78. The predicted octanol–water partition coefficient (Wildman–Crippen LogP) is 1.15. The summed E-state index contributed by atoms with van der Waals surface area (Å²) in [6, 6.07) is -0.806. The molecule has 0 saturated heterocycles. The van der Waals surface area contributed by atoms with Crippen LogP contribution in [0.2, 0.25) is 0 Å². The van der Waals surface area contributed by atoms with Gasteiger partial charge in [-0.1, -0.05) is 13.8 Å². The molecule has 0 saturated carbocycles. The molecule has 7 heteroatoms. The monoisotopic (exact) mass is 277 g/mol. The summed E-state index contributed by atoms with van der Waals surface area (Å²) in [5.41, 5.74) is 0.441. The van der Waals surface area contributed by atoms with Crippen LogP contribution in [0.15, 0.2) is 21.6 Å². The number of hydrogen-bond acceptors (Lipinski definition) is 4. The molecule has 0 spiro atoms. The number of rotatable bonds is 4. The first-order valence-electron chi connectivity index (χ1n) is 6.34. The van der Waals surface area contributed by atoms with Crippen molar-refractivity contribution in [1.82, 2.24) is 5.32 Å². The number of amides is 3. The lowest BCUT2D eigenvalue weighted by atomic mass is 9.87. The Morgan fingerprint density at radius 2 is 2.10 bits per heavy atom. The van der Waals surface area contributed by atoms with Crippen molar-refractivity contribution in [1.29, 1.82) is 0 Å². The van der Waals surface area contributed by atoms with E-state index in [9.17, 15) is 14.4 Å². The Hall–Kier alpha value is -2.31. The molecule has 0 bridgehead atoms. The van der Waals surface area contributed by atoms with E-state index < -0.39 is 23.8 Å². The van der Waals surface area contributed by atoms with Gasteiger partial charge in [0.05, 0.1) is 0 Å². The fraction of sp³-hybridized carbons (Fsp3) is 0.462. The quantitative estimate of drug-likeness (QED) is 0.803. The highest BCUT2D eigenvalue weighted by molar-refractivity contribution is 6.44. The van der Waals surface area contributed by atoms with Gasteiger partial charge >= 0.3 is 12.0 Å². The Balaban J connectivity index is 2.39. The first-order chi connectivity index (χ1) is 9.38. The lowest BCUT2D eigenvalue weighted by Gasteiger charge is -2.25. The highest BCUT2D eigenvalue weighted by atomic mass is 16.4. The Labute approximate surface area is 115 Å². The van der Waals surface area contributed by atoms with Gasteiger partial charge in [-0.2, -0.15) is 4.99 Å².